The van der Waals surface area contributed by atoms with Crippen LogP contribution in [0.15, 0.2) is 52.4 Å². The van der Waals surface area contributed by atoms with E-state index in [-0.39, 0.29) is 15.6 Å². The van der Waals surface area contributed by atoms with Crippen molar-refractivity contribution in [1.29, 1.82) is 0 Å². The molecular weight excluding hydrogens is 489 g/mol. The van der Waals surface area contributed by atoms with E-state index in [9.17, 15) is 13.2 Å². The number of aromatic nitrogens is 2. The van der Waals surface area contributed by atoms with Crippen molar-refractivity contribution in [3.63, 3.8) is 0 Å². The van der Waals surface area contributed by atoms with Crippen LogP contribution < -0.4 is 4.72 Å². The maximum absolute atomic E-state index is 12.9. The molecule has 0 radical (unpaired) electrons. The molecule has 0 fully saturated rings. The molecule has 0 saturated heterocycles. The Balaban J connectivity index is 1.94. The number of thioether (sulfide) groups is 1. The van der Waals surface area contributed by atoms with E-state index >= 15 is 0 Å². The number of halogens is 3. The maximum atomic E-state index is 12.9. The van der Waals surface area contributed by atoms with Gasteiger partial charge in [0.2, 0.25) is 0 Å². The van der Waals surface area contributed by atoms with Crippen molar-refractivity contribution < 1.29 is 13.2 Å². The summed E-state index contributed by atoms with van der Waals surface area (Å²) in [6.07, 6.45) is 1.41. The Kier molecular flexibility index (Phi) is 7.04. The molecule has 0 spiro atoms. The number of sulfonamides is 1. The number of rotatable bonds is 6. The van der Waals surface area contributed by atoms with Gasteiger partial charge in [-0.2, -0.15) is 0 Å². The van der Waals surface area contributed by atoms with Crippen molar-refractivity contribution in [1.82, 2.24) is 14.3 Å². The van der Waals surface area contributed by atoms with E-state index in [1.54, 1.807) is 41.8 Å². The van der Waals surface area contributed by atoms with Crippen LogP contribution in [0.4, 0.5) is 0 Å². The van der Waals surface area contributed by atoms with E-state index in [0.29, 0.717) is 32.2 Å². The number of aryl methyl sites for hydroxylation is 1. The number of hydrogen-bond acceptors (Lipinski definition) is 5. The number of benzene rings is 2. The molecule has 2 aromatic carbocycles. The molecule has 158 valence electrons. The lowest BCUT2D eigenvalue weighted by molar-refractivity contribution is 0.0977. The number of hydrogen-bond donors (Lipinski definition) is 1. The summed E-state index contributed by atoms with van der Waals surface area (Å²) < 4.78 is 29.4. The van der Waals surface area contributed by atoms with Gasteiger partial charge in [0.25, 0.3) is 15.9 Å². The first-order valence-corrected chi connectivity index (χ1v) is 12.2. The molecule has 0 atom stereocenters. The first-order chi connectivity index (χ1) is 14.1. The summed E-state index contributed by atoms with van der Waals surface area (Å²) in [4.78, 5) is 17.2. The highest BCUT2D eigenvalue weighted by Crippen LogP contribution is 2.32. The highest BCUT2D eigenvalue weighted by Gasteiger charge is 2.26. The van der Waals surface area contributed by atoms with Crippen LogP contribution in [0.3, 0.4) is 0 Å². The van der Waals surface area contributed by atoms with Gasteiger partial charge in [0.05, 0.1) is 5.02 Å². The van der Waals surface area contributed by atoms with Crippen molar-refractivity contribution in [2.45, 2.75) is 23.6 Å². The van der Waals surface area contributed by atoms with Crippen LogP contribution in [0, 0.1) is 6.92 Å². The molecule has 0 bridgehead atoms. The summed E-state index contributed by atoms with van der Waals surface area (Å²) in [5.41, 5.74) is 0.510. The molecule has 0 unspecified atom stereocenters. The van der Waals surface area contributed by atoms with Crippen LogP contribution in [-0.2, 0) is 10.0 Å². The molecule has 0 aliphatic rings. The first kappa shape index (κ1) is 23.0. The number of nitrogens with one attached hydrogen (secondary N) is 1. The SMILES string of the molecule is CCSc1cccc(Cl)c1S(=O)(=O)NC(=O)c1cn(-c2cc(Cl)cc(Cl)c2)c(C)n1. The minimum absolute atomic E-state index is 0.0315. The van der Waals surface area contributed by atoms with E-state index in [1.165, 1.54) is 24.0 Å². The summed E-state index contributed by atoms with van der Waals surface area (Å²) in [5, 5.41) is 0.863. The molecular formula is C19H16Cl3N3O3S2. The normalized spacial score (nSPS) is 11.5. The third-order valence-corrected chi connectivity index (χ3v) is 7.33. The summed E-state index contributed by atoms with van der Waals surface area (Å²) >= 11 is 19.5. The molecule has 1 aromatic heterocycles. The van der Waals surface area contributed by atoms with Gasteiger partial charge in [0.1, 0.15) is 16.4 Å². The lowest BCUT2D eigenvalue weighted by Crippen LogP contribution is -2.31. The Morgan fingerprint density at radius 1 is 1.17 bits per heavy atom. The molecule has 0 aliphatic carbocycles. The largest absolute Gasteiger partial charge is 0.303 e. The van der Waals surface area contributed by atoms with Gasteiger partial charge in [0.15, 0.2) is 0 Å². The Morgan fingerprint density at radius 3 is 2.47 bits per heavy atom. The van der Waals surface area contributed by atoms with E-state index in [2.05, 4.69) is 9.71 Å². The zero-order valence-corrected chi connectivity index (χ0v) is 19.7. The highest BCUT2D eigenvalue weighted by atomic mass is 35.5. The molecule has 1 amide bonds. The summed E-state index contributed by atoms with van der Waals surface area (Å²) in [6.45, 7) is 3.56. The zero-order valence-electron chi connectivity index (χ0n) is 15.8. The Morgan fingerprint density at radius 2 is 1.83 bits per heavy atom. The van der Waals surface area contributed by atoms with E-state index in [0.717, 1.165) is 0 Å². The van der Waals surface area contributed by atoms with E-state index < -0.39 is 15.9 Å². The number of amides is 1. The number of imidazole rings is 1. The standard InChI is InChI=1S/C19H16Cl3N3O3S2/c1-3-29-17-6-4-5-15(22)18(17)30(27,28)24-19(26)16-10-25(11(2)23-16)14-8-12(20)7-13(21)9-14/h4-10H,3H2,1-2H3,(H,24,26). The molecule has 3 aromatic rings. The fourth-order valence-corrected chi connectivity index (χ4v) is 6.16. The van der Waals surface area contributed by atoms with E-state index in [4.69, 9.17) is 34.8 Å². The molecule has 1 N–H and O–H groups in total. The van der Waals surface area contributed by atoms with Gasteiger partial charge in [-0.25, -0.2) is 18.1 Å². The fourth-order valence-electron chi connectivity index (χ4n) is 2.77. The van der Waals surface area contributed by atoms with Crippen molar-refractivity contribution in [3.8, 4) is 5.69 Å². The van der Waals surface area contributed by atoms with Gasteiger partial charge >= 0.3 is 0 Å². The van der Waals surface area contributed by atoms with Gasteiger partial charge in [-0.15, -0.1) is 11.8 Å². The second kappa shape index (κ2) is 9.20. The summed E-state index contributed by atoms with van der Waals surface area (Å²) in [5.74, 6) is 0.219. The quantitative estimate of drug-likeness (QED) is 0.456. The summed E-state index contributed by atoms with van der Waals surface area (Å²) in [6, 6.07) is 9.64. The second-order valence-corrected chi connectivity index (χ2v) is 10.3. The monoisotopic (exact) mass is 503 g/mol. The predicted molar refractivity (Wildman–Crippen MR) is 121 cm³/mol. The Bertz CT molecular complexity index is 1210. The minimum Gasteiger partial charge on any atom is -0.303 e. The second-order valence-electron chi connectivity index (χ2n) is 6.11. The highest BCUT2D eigenvalue weighted by molar-refractivity contribution is 8.00. The molecule has 0 aliphatic heterocycles. The van der Waals surface area contributed by atoms with Crippen molar-refractivity contribution in [3.05, 3.63) is 69.2 Å². The first-order valence-electron chi connectivity index (χ1n) is 8.63. The van der Waals surface area contributed by atoms with E-state index in [1.807, 2.05) is 6.92 Å². The lowest BCUT2D eigenvalue weighted by atomic mass is 10.3. The van der Waals surface area contributed by atoms with Gasteiger partial charge in [-0.1, -0.05) is 47.8 Å². The minimum atomic E-state index is -4.22. The Hall–Kier alpha value is -1.71. The zero-order chi connectivity index (χ0) is 22.1. The smallest absolute Gasteiger partial charge is 0.285 e. The topological polar surface area (TPSA) is 81.1 Å². The number of carbonyl (C=O) groups is 1. The van der Waals surface area contributed by atoms with Gasteiger partial charge < -0.3 is 4.57 Å². The average Bonchev–Trinajstić information content (AvgIpc) is 3.02. The predicted octanol–water partition coefficient (Wildman–Crippen LogP) is 5.37. The van der Waals surface area contributed by atoms with Crippen molar-refractivity contribution >= 4 is 62.5 Å². The van der Waals surface area contributed by atoms with Crippen LogP contribution in [-0.4, -0.2) is 29.6 Å². The molecule has 1 heterocycles. The third kappa shape index (κ3) is 4.95. The fraction of sp³-hybridized carbons (Fsp3) is 0.158. The van der Waals surface area contributed by atoms with Crippen LogP contribution >= 0.6 is 46.6 Å². The van der Waals surface area contributed by atoms with Gasteiger partial charge in [-0.3, -0.25) is 4.79 Å². The molecule has 3 rings (SSSR count). The summed E-state index contributed by atoms with van der Waals surface area (Å²) in [7, 11) is -4.22. The Labute approximate surface area is 193 Å². The van der Waals surface area contributed by atoms with Crippen LogP contribution in [0.1, 0.15) is 23.2 Å². The molecule has 30 heavy (non-hydrogen) atoms. The van der Waals surface area contributed by atoms with Crippen LogP contribution in [0.5, 0.6) is 0 Å². The molecule has 6 nitrogen and oxygen atoms in total. The average molecular weight is 505 g/mol. The lowest BCUT2D eigenvalue weighted by Gasteiger charge is -2.11. The van der Waals surface area contributed by atoms with Gasteiger partial charge in [0, 0.05) is 26.8 Å². The van der Waals surface area contributed by atoms with Crippen molar-refractivity contribution in [2.24, 2.45) is 0 Å². The van der Waals surface area contributed by atoms with Crippen LogP contribution in [0.25, 0.3) is 5.69 Å². The number of nitrogens with zero attached hydrogens (tertiary/aromatic N) is 2. The molecule has 0 saturated carbocycles. The van der Waals surface area contributed by atoms with Crippen LogP contribution in [0.2, 0.25) is 15.1 Å². The van der Waals surface area contributed by atoms with Gasteiger partial charge in [-0.05, 0) is 43.0 Å². The third-order valence-electron chi connectivity index (χ3n) is 3.97. The van der Waals surface area contributed by atoms with Crippen molar-refractivity contribution in [2.75, 3.05) is 5.75 Å². The molecule has 11 heteroatoms. The maximum Gasteiger partial charge on any atom is 0.285 e. The number of carbonyl (C=O) groups excluding carboxylic acids is 1.